The van der Waals surface area contributed by atoms with Crippen molar-refractivity contribution >= 4 is 34.8 Å². The summed E-state index contributed by atoms with van der Waals surface area (Å²) in [6, 6.07) is 5.21. The largest absolute Gasteiger partial charge is 0.376 e. The third-order valence-electron chi connectivity index (χ3n) is 3.14. The van der Waals surface area contributed by atoms with E-state index in [1.54, 1.807) is 18.2 Å². The van der Waals surface area contributed by atoms with Crippen molar-refractivity contribution in [3.05, 3.63) is 28.2 Å². The van der Waals surface area contributed by atoms with Gasteiger partial charge in [-0.1, -0.05) is 23.2 Å². The zero-order valence-corrected chi connectivity index (χ0v) is 13.0. The number of halogens is 2. The molecule has 4 nitrogen and oxygen atoms in total. The maximum Gasteiger partial charge on any atom is 0.242 e. The van der Waals surface area contributed by atoms with Gasteiger partial charge in [0.05, 0.1) is 28.8 Å². The number of carbonyl (C=O) groups is 1. The maximum absolute atomic E-state index is 12.2. The minimum absolute atomic E-state index is 0.0538. The highest BCUT2D eigenvalue weighted by molar-refractivity contribution is 6.42. The van der Waals surface area contributed by atoms with Crippen LogP contribution in [0.25, 0.3) is 0 Å². The average Bonchev–Trinajstić information content (AvgIpc) is 2.38. The number of morpholine rings is 1. The van der Waals surface area contributed by atoms with Crippen molar-refractivity contribution in [2.45, 2.75) is 26.1 Å². The number of carbonyl (C=O) groups excluding carboxylic acids is 1. The number of hydrogen-bond donors (Lipinski definition) is 1. The van der Waals surface area contributed by atoms with Gasteiger partial charge in [0, 0.05) is 18.8 Å². The van der Waals surface area contributed by atoms with E-state index in [4.69, 9.17) is 27.9 Å². The molecule has 1 aliphatic rings. The van der Waals surface area contributed by atoms with Crippen LogP contribution in [0.3, 0.4) is 0 Å². The number of benzene rings is 1. The minimum Gasteiger partial charge on any atom is -0.376 e. The van der Waals surface area contributed by atoms with Gasteiger partial charge in [-0.05, 0) is 32.0 Å². The van der Waals surface area contributed by atoms with Gasteiger partial charge in [0.1, 0.15) is 0 Å². The lowest BCUT2D eigenvalue weighted by molar-refractivity contribution is -0.141. The quantitative estimate of drug-likeness (QED) is 0.932. The van der Waals surface area contributed by atoms with Crippen LogP contribution >= 0.6 is 23.2 Å². The highest BCUT2D eigenvalue weighted by atomic mass is 35.5. The Hall–Kier alpha value is -0.970. The second kappa shape index (κ2) is 6.66. The molecule has 0 aromatic heterocycles. The van der Waals surface area contributed by atoms with Gasteiger partial charge >= 0.3 is 0 Å². The zero-order valence-electron chi connectivity index (χ0n) is 11.5. The topological polar surface area (TPSA) is 41.6 Å². The molecule has 1 aromatic rings. The van der Waals surface area contributed by atoms with Crippen molar-refractivity contribution in [1.82, 2.24) is 4.90 Å². The van der Waals surface area contributed by atoms with E-state index < -0.39 is 0 Å². The van der Waals surface area contributed by atoms with Crippen LogP contribution in [0.1, 0.15) is 13.8 Å². The molecule has 1 fully saturated rings. The van der Waals surface area contributed by atoms with E-state index in [9.17, 15) is 4.79 Å². The summed E-state index contributed by atoms with van der Waals surface area (Å²) in [5.74, 6) is 0.0538. The number of anilines is 1. The van der Waals surface area contributed by atoms with Crippen LogP contribution in [0.5, 0.6) is 0 Å². The van der Waals surface area contributed by atoms with Gasteiger partial charge < -0.3 is 15.0 Å². The molecular weight excluding hydrogens is 299 g/mol. The van der Waals surface area contributed by atoms with Gasteiger partial charge in [-0.3, -0.25) is 4.79 Å². The van der Waals surface area contributed by atoms with Gasteiger partial charge in [0.15, 0.2) is 0 Å². The third-order valence-corrected chi connectivity index (χ3v) is 3.87. The Morgan fingerprint density at radius 2 is 1.95 bits per heavy atom. The van der Waals surface area contributed by atoms with Gasteiger partial charge in [0.2, 0.25) is 5.91 Å². The Kier molecular flexibility index (Phi) is 5.13. The van der Waals surface area contributed by atoms with E-state index in [2.05, 4.69) is 5.32 Å². The van der Waals surface area contributed by atoms with Crippen molar-refractivity contribution in [3.8, 4) is 0 Å². The monoisotopic (exact) mass is 316 g/mol. The Morgan fingerprint density at radius 1 is 1.30 bits per heavy atom. The lowest BCUT2D eigenvalue weighted by Gasteiger charge is -2.35. The van der Waals surface area contributed by atoms with Gasteiger partial charge in [-0.2, -0.15) is 0 Å². The van der Waals surface area contributed by atoms with Gasteiger partial charge in [-0.25, -0.2) is 0 Å². The number of rotatable bonds is 3. The molecule has 20 heavy (non-hydrogen) atoms. The van der Waals surface area contributed by atoms with Crippen molar-refractivity contribution in [2.75, 3.05) is 25.0 Å². The van der Waals surface area contributed by atoms with Crippen molar-refractivity contribution in [1.29, 1.82) is 0 Å². The first-order chi connectivity index (χ1) is 9.45. The summed E-state index contributed by atoms with van der Waals surface area (Å²) in [4.78, 5) is 14.0. The number of nitrogens with one attached hydrogen (secondary N) is 1. The molecule has 2 rings (SSSR count). The summed E-state index contributed by atoms with van der Waals surface area (Å²) in [6.07, 6.45) is 0.153. The molecule has 0 radical (unpaired) electrons. The minimum atomic E-state index is 0.0538. The summed E-state index contributed by atoms with van der Waals surface area (Å²) in [7, 11) is 0. The third kappa shape index (κ3) is 4.01. The zero-order chi connectivity index (χ0) is 14.7. The first kappa shape index (κ1) is 15.4. The van der Waals surface area contributed by atoms with Crippen LogP contribution in [0.4, 0.5) is 5.69 Å². The predicted octanol–water partition coefficient (Wildman–Crippen LogP) is 3.04. The van der Waals surface area contributed by atoms with Crippen molar-refractivity contribution < 1.29 is 9.53 Å². The standard InChI is InChI=1S/C14H18Cl2N2O2/c1-9-7-18(8-10(2)20-9)14(19)6-17-11-3-4-12(15)13(16)5-11/h3-5,9-10,17H,6-8H2,1-2H3/t9-,10-/m0/s1. The summed E-state index contributed by atoms with van der Waals surface area (Å²) in [6.45, 7) is 5.44. The van der Waals surface area contributed by atoms with Gasteiger partial charge in [-0.15, -0.1) is 0 Å². The number of ether oxygens (including phenoxy) is 1. The smallest absolute Gasteiger partial charge is 0.242 e. The molecule has 6 heteroatoms. The fraction of sp³-hybridized carbons (Fsp3) is 0.500. The second-order valence-electron chi connectivity index (χ2n) is 5.04. The number of hydrogen-bond acceptors (Lipinski definition) is 3. The van der Waals surface area contributed by atoms with Gasteiger partial charge in [0.25, 0.3) is 0 Å². The Balaban J connectivity index is 1.89. The second-order valence-corrected chi connectivity index (χ2v) is 5.85. The van der Waals surface area contributed by atoms with E-state index >= 15 is 0 Å². The van der Waals surface area contributed by atoms with Crippen LogP contribution in [0.15, 0.2) is 18.2 Å². The predicted molar refractivity (Wildman–Crippen MR) is 81.5 cm³/mol. The molecule has 1 N–H and O–H groups in total. The fourth-order valence-electron chi connectivity index (χ4n) is 2.28. The van der Waals surface area contributed by atoms with Crippen LogP contribution in [0.2, 0.25) is 10.0 Å². The molecule has 1 saturated heterocycles. The van der Waals surface area contributed by atoms with E-state index in [1.165, 1.54) is 0 Å². The molecule has 2 atom stereocenters. The molecule has 0 spiro atoms. The van der Waals surface area contributed by atoms with E-state index in [1.807, 2.05) is 18.7 Å². The van der Waals surface area contributed by atoms with Crippen LogP contribution in [-0.4, -0.2) is 42.6 Å². The van der Waals surface area contributed by atoms with Crippen molar-refractivity contribution in [3.63, 3.8) is 0 Å². The SMILES string of the molecule is C[C@H]1CN(C(=O)CNc2ccc(Cl)c(Cl)c2)C[C@H](C)O1. The Morgan fingerprint density at radius 3 is 2.55 bits per heavy atom. The molecule has 0 aliphatic carbocycles. The van der Waals surface area contributed by atoms with E-state index in [0.717, 1.165) is 5.69 Å². The first-order valence-electron chi connectivity index (χ1n) is 6.58. The molecule has 0 saturated carbocycles. The molecule has 1 heterocycles. The Labute approximate surface area is 129 Å². The highest BCUT2D eigenvalue weighted by Crippen LogP contribution is 2.24. The lowest BCUT2D eigenvalue weighted by atomic mass is 10.2. The molecule has 1 amide bonds. The molecule has 110 valence electrons. The molecule has 1 aliphatic heterocycles. The molecule has 1 aromatic carbocycles. The summed E-state index contributed by atoms with van der Waals surface area (Å²) in [5, 5.41) is 4.03. The molecule has 0 unspecified atom stereocenters. The van der Waals surface area contributed by atoms with E-state index in [0.29, 0.717) is 23.1 Å². The highest BCUT2D eigenvalue weighted by Gasteiger charge is 2.25. The van der Waals surface area contributed by atoms with Crippen LogP contribution < -0.4 is 5.32 Å². The fourth-order valence-corrected chi connectivity index (χ4v) is 2.58. The maximum atomic E-state index is 12.2. The normalized spacial score (nSPS) is 22.7. The molecule has 0 bridgehead atoms. The Bertz CT molecular complexity index is 486. The summed E-state index contributed by atoms with van der Waals surface area (Å²) >= 11 is 11.8. The van der Waals surface area contributed by atoms with E-state index in [-0.39, 0.29) is 24.7 Å². The van der Waals surface area contributed by atoms with Crippen LogP contribution in [-0.2, 0) is 9.53 Å². The number of nitrogens with zero attached hydrogens (tertiary/aromatic N) is 1. The first-order valence-corrected chi connectivity index (χ1v) is 7.33. The molecular formula is C14H18Cl2N2O2. The lowest BCUT2D eigenvalue weighted by Crippen LogP contribution is -2.49. The van der Waals surface area contributed by atoms with Crippen molar-refractivity contribution in [2.24, 2.45) is 0 Å². The summed E-state index contributed by atoms with van der Waals surface area (Å²) in [5.41, 5.74) is 0.780. The van der Waals surface area contributed by atoms with Crippen LogP contribution in [0, 0.1) is 0 Å². The average molecular weight is 317 g/mol. The number of amides is 1. The summed E-state index contributed by atoms with van der Waals surface area (Å²) < 4.78 is 5.61.